The minimum atomic E-state index is -0.405. The highest BCUT2D eigenvalue weighted by Crippen LogP contribution is 2.29. The van der Waals surface area contributed by atoms with Crippen molar-refractivity contribution in [2.75, 3.05) is 11.9 Å². The molecule has 2 aromatic rings. The summed E-state index contributed by atoms with van der Waals surface area (Å²) in [7, 11) is 1.83. The monoisotopic (exact) mass is 349 g/mol. The molecule has 0 unspecified atom stereocenters. The summed E-state index contributed by atoms with van der Waals surface area (Å²) in [6.07, 6.45) is 0. The number of anilines is 1. The van der Waals surface area contributed by atoms with Gasteiger partial charge in [0.1, 0.15) is 5.84 Å². The van der Waals surface area contributed by atoms with Crippen LogP contribution in [0.2, 0.25) is 0 Å². The van der Waals surface area contributed by atoms with Crippen LogP contribution in [-0.2, 0) is 6.54 Å². The first-order valence-electron chi connectivity index (χ1n) is 6.49. The predicted molar refractivity (Wildman–Crippen MR) is 88.4 cm³/mol. The van der Waals surface area contributed by atoms with Gasteiger partial charge >= 0.3 is 0 Å². The molecule has 0 heterocycles. The fraction of sp³-hybridized carbons (Fsp3) is 0.188. The van der Waals surface area contributed by atoms with E-state index in [1.54, 1.807) is 12.1 Å². The maximum absolute atomic E-state index is 14.4. The summed E-state index contributed by atoms with van der Waals surface area (Å²) in [4.78, 5) is 1.83. The second kappa shape index (κ2) is 6.26. The van der Waals surface area contributed by atoms with Gasteiger partial charge in [-0.05, 0) is 40.5 Å². The quantitative estimate of drug-likeness (QED) is 0.651. The van der Waals surface area contributed by atoms with E-state index < -0.39 is 5.82 Å². The fourth-order valence-corrected chi connectivity index (χ4v) is 2.76. The van der Waals surface area contributed by atoms with Gasteiger partial charge in [0, 0.05) is 19.2 Å². The van der Waals surface area contributed by atoms with Crippen LogP contribution in [0.15, 0.2) is 40.9 Å². The molecule has 2 aromatic carbocycles. The van der Waals surface area contributed by atoms with E-state index in [0.29, 0.717) is 17.8 Å². The van der Waals surface area contributed by atoms with Crippen LogP contribution in [0.4, 0.5) is 10.1 Å². The molecular weight excluding hydrogens is 333 g/mol. The molecule has 2 rings (SSSR count). The van der Waals surface area contributed by atoms with Crippen molar-refractivity contribution in [2.45, 2.75) is 13.5 Å². The van der Waals surface area contributed by atoms with Gasteiger partial charge in [-0.3, -0.25) is 5.41 Å². The van der Waals surface area contributed by atoms with E-state index in [9.17, 15) is 4.39 Å². The lowest BCUT2D eigenvalue weighted by Crippen LogP contribution is -2.19. The number of nitrogen functional groups attached to an aromatic ring is 1. The third-order valence-corrected chi connectivity index (χ3v) is 4.04. The van der Waals surface area contributed by atoms with Gasteiger partial charge in [-0.15, -0.1) is 0 Å². The SMILES string of the molecule is Cc1cccc(CN(C)c2ccc(C(=N)N)c(Br)c2F)c1. The molecule has 0 bridgehead atoms. The molecule has 0 aromatic heterocycles. The first-order chi connectivity index (χ1) is 9.90. The van der Waals surface area contributed by atoms with Gasteiger partial charge in [0.2, 0.25) is 0 Å². The van der Waals surface area contributed by atoms with Gasteiger partial charge in [-0.1, -0.05) is 29.8 Å². The van der Waals surface area contributed by atoms with Crippen LogP contribution < -0.4 is 10.6 Å². The van der Waals surface area contributed by atoms with E-state index in [1.165, 1.54) is 5.56 Å². The third-order valence-electron chi connectivity index (χ3n) is 3.27. The Morgan fingerprint density at radius 3 is 2.67 bits per heavy atom. The molecule has 21 heavy (non-hydrogen) atoms. The Hall–Kier alpha value is -1.88. The summed E-state index contributed by atoms with van der Waals surface area (Å²) in [6.45, 7) is 2.63. The Morgan fingerprint density at radius 1 is 1.33 bits per heavy atom. The van der Waals surface area contributed by atoms with Crippen LogP contribution in [0.25, 0.3) is 0 Å². The molecule has 110 valence electrons. The molecule has 0 amide bonds. The number of benzene rings is 2. The number of nitrogens with two attached hydrogens (primary N) is 1. The zero-order valence-corrected chi connectivity index (χ0v) is 13.5. The van der Waals surface area contributed by atoms with Crippen molar-refractivity contribution < 1.29 is 4.39 Å². The molecule has 0 atom stereocenters. The zero-order chi connectivity index (χ0) is 15.6. The zero-order valence-electron chi connectivity index (χ0n) is 12.0. The minimum Gasteiger partial charge on any atom is -0.384 e. The molecule has 0 aliphatic carbocycles. The van der Waals surface area contributed by atoms with E-state index in [4.69, 9.17) is 11.1 Å². The molecule has 0 fully saturated rings. The van der Waals surface area contributed by atoms with Crippen molar-refractivity contribution in [3.05, 3.63) is 63.4 Å². The fourth-order valence-electron chi connectivity index (χ4n) is 2.21. The maximum Gasteiger partial charge on any atom is 0.161 e. The molecule has 0 saturated heterocycles. The average molecular weight is 350 g/mol. The van der Waals surface area contributed by atoms with Crippen molar-refractivity contribution in [1.29, 1.82) is 5.41 Å². The minimum absolute atomic E-state index is 0.159. The van der Waals surface area contributed by atoms with Crippen molar-refractivity contribution in [1.82, 2.24) is 0 Å². The van der Waals surface area contributed by atoms with Gasteiger partial charge in [0.25, 0.3) is 0 Å². The lowest BCUT2D eigenvalue weighted by molar-refractivity contribution is 0.615. The Balaban J connectivity index is 2.29. The molecule has 0 radical (unpaired) electrons. The van der Waals surface area contributed by atoms with Crippen LogP contribution >= 0.6 is 15.9 Å². The van der Waals surface area contributed by atoms with Gasteiger partial charge in [-0.25, -0.2) is 4.39 Å². The summed E-state index contributed by atoms with van der Waals surface area (Å²) in [5.41, 5.74) is 8.54. The van der Waals surface area contributed by atoms with E-state index in [0.717, 1.165) is 5.56 Å². The predicted octanol–water partition coefficient (Wildman–Crippen LogP) is 3.82. The maximum atomic E-state index is 14.4. The van der Waals surface area contributed by atoms with Crippen molar-refractivity contribution in [3.8, 4) is 0 Å². The van der Waals surface area contributed by atoms with E-state index in [1.807, 2.05) is 37.1 Å². The van der Waals surface area contributed by atoms with Crippen LogP contribution in [0, 0.1) is 18.2 Å². The number of amidine groups is 1. The Bertz CT molecular complexity index is 685. The first-order valence-corrected chi connectivity index (χ1v) is 7.28. The topological polar surface area (TPSA) is 53.1 Å². The van der Waals surface area contributed by atoms with Crippen molar-refractivity contribution >= 4 is 27.5 Å². The number of rotatable bonds is 4. The van der Waals surface area contributed by atoms with Gasteiger partial charge in [0.05, 0.1) is 10.2 Å². The van der Waals surface area contributed by atoms with Crippen LogP contribution in [0.3, 0.4) is 0 Å². The van der Waals surface area contributed by atoms with Crippen molar-refractivity contribution in [2.24, 2.45) is 5.73 Å². The Kier molecular flexibility index (Phi) is 4.63. The number of nitrogens with one attached hydrogen (secondary N) is 1. The lowest BCUT2D eigenvalue weighted by atomic mass is 10.1. The molecule has 0 aliphatic rings. The van der Waals surface area contributed by atoms with Crippen LogP contribution in [0.1, 0.15) is 16.7 Å². The van der Waals surface area contributed by atoms with Crippen LogP contribution in [0.5, 0.6) is 0 Å². The van der Waals surface area contributed by atoms with Gasteiger partial charge in [-0.2, -0.15) is 0 Å². The molecule has 0 saturated carbocycles. The number of nitrogens with zero attached hydrogens (tertiary/aromatic N) is 1. The highest BCUT2D eigenvalue weighted by atomic mass is 79.9. The molecule has 5 heteroatoms. The molecule has 3 N–H and O–H groups in total. The number of hydrogen-bond donors (Lipinski definition) is 2. The summed E-state index contributed by atoms with van der Waals surface area (Å²) >= 11 is 3.17. The first kappa shape index (κ1) is 15.5. The summed E-state index contributed by atoms with van der Waals surface area (Å²) in [5.74, 6) is -0.563. The van der Waals surface area contributed by atoms with Crippen LogP contribution in [-0.4, -0.2) is 12.9 Å². The van der Waals surface area contributed by atoms with E-state index in [2.05, 4.69) is 22.0 Å². The van der Waals surface area contributed by atoms with Gasteiger partial charge in [0.15, 0.2) is 5.82 Å². The van der Waals surface area contributed by atoms with E-state index >= 15 is 0 Å². The largest absolute Gasteiger partial charge is 0.384 e. The third kappa shape index (κ3) is 3.42. The second-order valence-electron chi connectivity index (χ2n) is 5.02. The highest BCUT2D eigenvalue weighted by Gasteiger charge is 2.15. The van der Waals surface area contributed by atoms with E-state index in [-0.39, 0.29) is 10.3 Å². The highest BCUT2D eigenvalue weighted by molar-refractivity contribution is 9.10. The number of hydrogen-bond acceptors (Lipinski definition) is 2. The molecule has 0 spiro atoms. The summed E-state index contributed by atoms with van der Waals surface area (Å²) in [5, 5.41) is 7.42. The average Bonchev–Trinajstić information content (AvgIpc) is 2.41. The Morgan fingerprint density at radius 2 is 2.05 bits per heavy atom. The molecular formula is C16H17BrFN3. The second-order valence-corrected chi connectivity index (χ2v) is 5.81. The lowest BCUT2D eigenvalue weighted by Gasteiger charge is -2.21. The molecule has 0 aliphatic heterocycles. The normalized spacial score (nSPS) is 10.5. The Labute approximate surface area is 132 Å². The standard InChI is InChI=1S/C16H17BrFN3/c1-10-4-3-5-11(8-10)9-21(2)13-7-6-12(16(19)20)14(17)15(13)18/h3-8H,9H2,1-2H3,(H3,19,20). The summed E-state index contributed by atoms with van der Waals surface area (Å²) in [6, 6.07) is 11.4. The van der Waals surface area contributed by atoms with Crippen molar-refractivity contribution in [3.63, 3.8) is 0 Å². The smallest absolute Gasteiger partial charge is 0.161 e. The van der Waals surface area contributed by atoms with Gasteiger partial charge < -0.3 is 10.6 Å². The number of aryl methyl sites for hydroxylation is 1. The summed E-state index contributed by atoms with van der Waals surface area (Å²) < 4.78 is 14.6. The molecule has 3 nitrogen and oxygen atoms in total. The number of halogens is 2.